The second-order valence-electron chi connectivity index (χ2n) is 9.50. The molecule has 0 bridgehead atoms. The van der Waals surface area contributed by atoms with Gasteiger partial charge in [-0.25, -0.2) is 9.69 Å². The summed E-state index contributed by atoms with van der Waals surface area (Å²) in [5.41, 5.74) is -1.63. The fourth-order valence-corrected chi connectivity index (χ4v) is 7.06. The van der Waals surface area contributed by atoms with Crippen LogP contribution in [0.3, 0.4) is 0 Å². The molecular weight excluding hydrogens is 454 g/mol. The van der Waals surface area contributed by atoms with E-state index in [1.165, 1.54) is 18.7 Å². The van der Waals surface area contributed by atoms with Crippen LogP contribution in [0.15, 0.2) is 0 Å². The van der Waals surface area contributed by atoms with E-state index in [-0.39, 0.29) is 42.2 Å². The first-order valence-corrected chi connectivity index (χ1v) is 12.2. The standard InChI is InChI=1S/C21H25N3O8S/c1-21(31)8-33-19-14(23-16(27)10-4-2-3-5-11(10)17(23)28)18(29)24(19)15(21)20(30)32-9-22-12(25)6-7-13(22)26/h10-11,14-15,19,31H,2-9H2,1H3/t10?,11?,14?,15?,19-,21-/m1/s1. The van der Waals surface area contributed by atoms with Crippen molar-refractivity contribution >= 4 is 47.3 Å². The molecule has 4 saturated heterocycles. The molecular formula is C21H25N3O8S. The summed E-state index contributed by atoms with van der Waals surface area (Å²) in [6, 6.07) is -2.39. The number of thioether (sulfide) groups is 1. The number of likely N-dealkylation sites (tertiary alicyclic amines) is 2. The third-order valence-corrected chi connectivity index (χ3v) is 8.91. The molecule has 0 aromatic carbocycles. The molecule has 4 unspecified atom stereocenters. The van der Waals surface area contributed by atoms with E-state index in [4.69, 9.17) is 4.74 Å². The number of hydrogen-bond acceptors (Lipinski definition) is 9. The summed E-state index contributed by atoms with van der Waals surface area (Å²) in [7, 11) is 0. The zero-order valence-corrected chi connectivity index (χ0v) is 18.9. The molecule has 0 spiro atoms. The normalized spacial score (nSPS) is 38.4. The molecule has 5 aliphatic rings. The Labute approximate surface area is 193 Å². The number of ether oxygens (including phenoxy) is 1. The molecule has 0 radical (unpaired) electrons. The molecule has 178 valence electrons. The lowest BCUT2D eigenvalue weighted by molar-refractivity contribution is -0.186. The molecule has 6 atom stereocenters. The van der Waals surface area contributed by atoms with Crippen molar-refractivity contribution in [1.29, 1.82) is 0 Å². The number of nitrogens with zero attached hydrogens (tertiary/aromatic N) is 3. The lowest BCUT2D eigenvalue weighted by Crippen LogP contribution is -2.79. The van der Waals surface area contributed by atoms with Gasteiger partial charge in [-0.2, -0.15) is 0 Å². The Morgan fingerprint density at radius 3 is 2.18 bits per heavy atom. The molecule has 5 amide bonds. The van der Waals surface area contributed by atoms with Gasteiger partial charge in [-0.05, 0) is 19.8 Å². The van der Waals surface area contributed by atoms with Crippen LogP contribution >= 0.6 is 11.8 Å². The zero-order valence-electron chi connectivity index (χ0n) is 18.1. The molecule has 5 fully saturated rings. The summed E-state index contributed by atoms with van der Waals surface area (Å²) in [4.78, 5) is 78.6. The Bertz CT molecular complexity index is 927. The van der Waals surface area contributed by atoms with Gasteiger partial charge < -0.3 is 14.7 Å². The highest BCUT2D eigenvalue weighted by Crippen LogP contribution is 2.48. The van der Waals surface area contributed by atoms with Crippen molar-refractivity contribution in [2.75, 3.05) is 12.5 Å². The van der Waals surface area contributed by atoms with E-state index in [1.54, 1.807) is 0 Å². The molecule has 33 heavy (non-hydrogen) atoms. The molecule has 1 aliphatic carbocycles. The van der Waals surface area contributed by atoms with Crippen LogP contribution in [-0.4, -0.2) is 90.9 Å². The van der Waals surface area contributed by atoms with E-state index >= 15 is 0 Å². The summed E-state index contributed by atoms with van der Waals surface area (Å²) < 4.78 is 5.16. The minimum atomic E-state index is -1.63. The molecule has 4 aliphatic heterocycles. The fraction of sp³-hybridized carbons (Fsp3) is 0.714. The minimum Gasteiger partial charge on any atom is -0.442 e. The van der Waals surface area contributed by atoms with Gasteiger partial charge in [0.1, 0.15) is 17.0 Å². The van der Waals surface area contributed by atoms with Crippen molar-refractivity contribution in [3.8, 4) is 0 Å². The van der Waals surface area contributed by atoms with Gasteiger partial charge in [0.15, 0.2) is 12.8 Å². The summed E-state index contributed by atoms with van der Waals surface area (Å²) in [5.74, 6) is -3.81. The Morgan fingerprint density at radius 2 is 1.61 bits per heavy atom. The maximum atomic E-state index is 13.2. The average Bonchev–Trinajstić information content (AvgIpc) is 3.23. The molecule has 5 rings (SSSR count). The predicted molar refractivity (Wildman–Crippen MR) is 111 cm³/mol. The van der Waals surface area contributed by atoms with Crippen LogP contribution in [0, 0.1) is 11.8 Å². The van der Waals surface area contributed by atoms with Crippen molar-refractivity contribution in [1.82, 2.24) is 14.7 Å². The van der Waals surface area contributed by atoms with Gasteiger partial charge in [-0.3, -0.25) is 28.9 Å². The Balaban J connectivity index is 1.33. The monoisotopic (exact) mass is 479 g/mol. The van der Waals surface area contributed by atoms with Crippen LogP contribution in [0.1, 0.15) is 45.4 Å². The number of aliphatic hydroxyl groups is 1. The number of imide groups is 2. The number of hydrogen-bond donors (Lipinski definition) is 1. The molecule has 0 aromatic heterocycles. The van der Waals surface area contributed by atoms with Crippen molar-refractivity contribution in [2.24, 2.45) is 11.8 Å². The first-order valence-electron chi connectivity index (χ1n) is 11.2. The van der Waals surface area contributed by atoms with Gasteiger partial charge in [0.25, 0.3) is 5.91 Å². The van der Waals surface area contributed by atoms with Crippen LogP contribution in [0.4, 0.5) is 0 Å². The number of esters is 1. The predicted octanol–water partition coefficient (Wildman–Crippen LogP) is -0.785. The topological polar surface area (TPSA) is 142 Å². The van der Waals surface area contributed by atoms with E-state index in [0.717, 1.165) is 27.5 Å². The van der Waals surface area contributed by atoms with Crippen LogP contribution in [-0.2, 0) is 33.5 Å². The number of fused-ring (bicyclic) bond motifs is 2. The first kappa shape index (κ1) is 22.3. The SMILES string of the molecule is C[C@@]1(O)CS[C@@H]2C(N3C(=O)C4CCCCC4C3=O)C(=O)N2C1C(=O)OCN1C(=O)CCC1=O. The van der Waals surface area contributed by atoms with Gasteiger partial charge in [0, 0.05) is 18.6 Å². The Hall–Kier alpha value is -2.47. The third kappa shape index (κ3) is 3.29. The largest absolute Gasteiger partial charge is 0.442 e. The molecule has 1 saturated carbocycles. The minimum absolute atomic E-state index is 0.0441. The first-order chi connectivity index (χ1) is 15.6. The van der Waals surface area contributed by atoms with E-state index in [2.05, 4.69) is 0 Å². The maximum Gasteiger partial charge on any atom is 0.333 e. The molecule has 12 heteroatoms. The van der Waals surface area contributed by atoms with E-state index in [9.17, 15) is 33.9 Å². The fourth-order valence-electron chi connectivity index (χ4n) is 5.59. The average molecular weight is 480 g/mol. The van der Waals surface area contributed by atoms with Gasteiger partial charge in [-0.1, -0.05) is 12.8 Å². The van der Waals surface area contributed by atoms with Crippen molar-refractivity contribution in [3.05, 3.63) is 0 Å². The summed E-state index contributed by atoms with van der Waals surface area (Å²) >= 11 is 1.20. The van der Waals surface area contributed by atoms with Crippen molar-refractivity contribution in [2.45, 2.75) is 68.5 Å². The third-order valence-electron chi connectivity index (χ3n) is 7.33. The number of rotatable bonds is 4. The van der Waals surface area contributed by atoms with Crippen molar-refractivity contribution < 1.29 is 38.6 Å². The lowest BCUT2D eigenvalue weighted by atomic mass is 9.81. The maximum absolute atomic E-state index is 13.2. The van der Waals surface area contributed by atoms with Gasteiger partial charge in [-0.15, -0.1) is 11.8 Å². The molecule has 4 heterocycles. The summed E-state index contributed by atoms with van der Waals surface area (Å²) in [6.07, 6.45) is 3.09. The highest BCUT2D eigenvalue weighted by Gasteiger charge is 2.66. The second-order valence-corrected chi connectivity index (χ2v) is 10.6. The van der Waals surface area contributed by atoms with Crippen LogP contribution in [0.2, 0.25) is 0 Å². The summed E-state index contributed by atoms with van der Waals surface area (Å²) in [5, 5.41) is 10.2. The highest BCUT2D eigenvalue weighted by atomic mass is 32.2. The Morgan fingerprint density at radius 1 is 1.03 bits per heavy atom. The lowest BCUT2D eigenvalue weighted by Gasteiger charge is -2.57. The van der Waals surface area contributed by atoms with Gasteiger partial charge in [0.2, 0.25) is 23.6 Å². The van der Waals surface area contributed by atoms with E-state index in [0.29, 0.717) is 12.8 Å². The van der Waals surface area contributed by atoms with E-state index < -0.39 is 53.5 Å². The summed E-state index contributed by atoms with van der Waals surface area (Å²) in [6.45, 7) is 0.814. The van der Waals surface area contributed by atoms with Crippen LogP contribution in [0.25, 0.3) is 0 Å². The zero-order chi connectivity index (χ0) is 23.7. The Kier molecular flexibility index (Phi) is 5.27. The molecule has 1 N–H and O–H groups in total. The van der Waals surface area contributed by atoms with E-state index in [1.807, 2.05) is 0 Å². The highest BCUT2D eigenvalue weighted by molar-refractivity contribution is 8.00. The van der Waals surface area contributed by atoms with Gasteiger partial charge in [0.05, 0.1) is 11.8 Å². The number of amides is 5. The smallest absolute Gasteiger partial charge is 0.333 e. The number of β-lactam (4-membered cyclic amide) rings is 1. The number of carbonyl (C=O) groups is 6. The number of carbonyl (C=O) groups excluding carboxylic acids is 6. The molecule has 0 aromatic rings. The van der Waals surface area contributed by atoms with Crippen LogP contribution < -0.4 is 0 Å². The van der Waals surface area contributed by atoms with Crippen molar-refractivity contribution in [3.63, 3.8) is 0 Å². The quantitative estimate of drug-likeness (QED) is 0.312. The van der Waals surface area contributed by atoms with Crippen LogP contribution in [0.5, 0.6) is 0 Å². The second kappa shape index (κ2) is 7.79. The van der Waals surface area contributed by atoms with Gasteiger partial charge >= 0.3 is 5.97 Å². The molecule has 11 nitrogen and oxygen atoms in total.